The molecule has 0 bridgehead atoms. The van der Waals surface area contributed by atoms with E-state index in [1.54, 1.807) is 17.5 Å². The topological polar surface area (TPSA) is 69.3 Å². The number of carbonyl (C=O) groups is 2. The summed E-state index contributed by atoms with van der Waals surface area (Å²) in [5.41, 5.74) is 1.50. The van der Waals surface area contributed by atoms with Crippen LogP contribution in [0.5, 0.6) is 0 Å². The van der Waals surface area contributed by atoms with E-state index in [1.165, 1.54) is 0 Å². The molecule has 2 aliphatic rings. The second-order valence-electron chi connectivity index (χ2n) is 6.94. The third kappa shape index (κ3) is 2.97. The van der Waals surface area contributed by atoms with E-state index in [-0.39, 0.29) is 17.4 Å². The van der Waals surface area contributed by atoms with Crippen molar-refractivity contribution in [2.24, 2.45) is 0 Å². The Labute approximate surface area is 150 Å². The number of hydrogen-bond acceptors (Lipinski definition) is 4. The van der Waals surface area contributed by atoms with Gasteiger partial charge in [-0.2, -0.15) is 0 Å². The van der Waals surface area contributed by atoms with Gasteiger partial charge in [0.05, 0.1) is 17.2 Å². The van der Waals surface area contributed by atoms with E-state index >= 15 is 0 Å². The van der Waals surface area contributed by atoms with Gasteiger partial charge in [-0.3, -0.25) is 9.59 Å². The first-order valence-corrected chi connectivity index (χ1v) is 9.59. The Morgan fingerprint density at radius 2 is 2.16 bits per heavy atom. The molecule has 132 valence electrons. The third-order valence-corrected chi connectivity index (χ3v) is 6.30. The molecule has 1 spiro atoms. The van der Waals surface area contributed by atoms with E-state index in [0.717, 1.165) is 30.0 Å². The average Bonchev–Trinajstić information content (AvgIpc) is 3.34. The Morgan fingerprint density at radius 3 is 2.80 bits per heavy atom. The summed E-state index contributed by atoms with van der Waals surface area (Å²) in [5.74, 6) is 0.264. The Morgan fingerprint density at radius 1 is 1.36 bits per heavy atom. The van der Waals surface area contributed by atoms with Gasteiger partial charge in [0.2, 0.25) is 5.91 Å². The van der Waals surface area contributed by atoms with Gasteiger partial charge in [0.1, 0.15) is 5.69 Å². The van der Waals surface area contributed by atoms with Crippen LogP contribution in [0.15, 0.2) is 23.7 Å². The van der Waals surface area contributed by atoms with Crippen LogP contribution in [0, 0.1) is 6.92 Å². The molecule has 0 unspecified atom stereocenters. The number of carbonyl (C=O) groups excluding carboxylic acids is 2. The number of hydrogen-bond donors (Lipinski definition) is 1. The third-order valence-electron chi connectivity index (χ3n) is 5.47. The maximum absolute atomic E-state index is 12.5. The highest BCUT2D eigenvalue weighted by atomic mass is 32.1. The number of piperidine rings is 1. The van der Waals surface area contributed by atoms with E-state index in [4.69, 9.17) is 0 Å². The maximum atomic E-state index is 12.5. The van der Waals surface area contributed by atoms with Crippen LogP contribution in [-0.2, 0) is 11.3 Å². The summed E-state index contributed by atoms with van der Waals surface area (Å²) < 4.78 is 0. The zero-order valence-corrected chi connectivity index (χ0v) is 15.1. The highest BCUT2D eigenvalue weighted by molar-refractivity contribution is 7.09. The van der Waals surface area contributed by atoms with Gasteiger partial charge < -0.3 is 14.8 Å². The molecule has 1 N–H and O–H groups in total. The summed E-state index contributed by atoms with van der Waals surface area (Å²) in [5, 5.41) is 3.07. The van der Waals surface area contributed by atoms with Crippen molar-refractivity contribution in [1.82, 2.24) is 19.8 Å². The van der Waals surface area contributed by atoms with Crippen molar-refractivity contribution >= 4 is 23.2 Å². The molecule has 25 heavy (non-hydrogen) atoms. The van der Waals surface area contributed by atoms with Crippen molar-refractivity contribution in [2.75, 3.05) is 13.1 Å². The van der Waals surface area contributed by atoms with Crippen LogP contribution in [-0.4, -0.2) is 50.2 Å². The fourth-order valence-corrected chi connectivity index (χ4v) is 4.66. The molecule has 6 nitrogen and oxygen atoms in total. The molecular formula is C18H22N4O2S. The van der Waals surface area contributed by atoms with E-state index in [1.807, 2.05) is 34.2 Å². The molecule has 4 rings (SSSR count). The lowest BCUT2D eigenvalue weighted by atomic mass is 9.84. The van der Waals surface area contributed by atoms with Crippen molar-refractivity contribution in [2.45, 2.75) is 44.7 Å². The SMILES string of the molecule is Cc1nc(CN2C(=O)CCC23CCN(C(=O)c2ccc[nH]2)CC3)cs1. The van der Waals surface area contributed by atoms with Gasteiger partial charge in [0, 0.05) is 36.6 Å². The second-order valence-corrected chi connectivity index (χ2v) is 8.00. The van der Waals surface area contributed by atoms with Crippen LogP contribution in [0.3, 0.4) is 0 Å². The fraction of sp³-hybridized carbons (Fsp3) is 0.500. The van der Waals surface area contributed by atoms with Gasteiger partial charge in [-0.1, -0.05) is 0 Å². The number of nitrogens with one attached hydrogen (secondary N) is 1. The van der Waals surface area contributed by atoms with Gasteiger partial charge >= 0.3 is 0 Å². The van der Waals surface area contributed by atoms with Gasteiger partial charge in [-0.05, 0) is 38.3 Å². The predicted molar refractivity (Wildman–Crippen MR) is 95.3 cm³/mol. The van der Waals surface area contributed by atoms with Gasteiger partial charge in [-0.15, -0.1) is 11.3 Å². The predicted octanol–water partition coefficient (Wildman–Crippen LogP) is 2.58. The van der Waals surface area contributed by atoms with E-state index in [2.05, 4.69) is 9.97 Å². The first-order valence-electron chi connectivity index (χ1n) is 8.72. The standard InChI is InChI=1S/C18H22N4O2S/c1-13-20-14(12-25-13)11-22-16(23)4-5-18(22)6-9-21(10-7-18)17(24)15-3-2-8-19-15/h2-3,8,12,19H,4-7,9-11H2,1H3. The van der Waals surface area contributed by atoms with Gasteiger partial charge in [0.25, 0.3) is 5.91 Å². The quantitative estimate of drug-likeness (QED) is 0.917. The van der Waals surface area contributed by atoms with Crippen LogP contribution < -0.4 is 0 Å². The Balaban J connectivity index is 1.46. The molecule has 4 heterocycles. The number of H-pyrrole nitrogens is 1. The lowest BCUT2D eigenvalue weighted by molar-refractivity contribution is -0.133. The number of aromatic nitrogens is 2. The van der Waals surface area contributed by atoms with Crippen LogP contribution in [0.25, 0.3) is 0 Å². The molecule has 0 aromatic carbocycles. The molecule has 2 aliphatic heterocycles. The molecule has 2 saturated heterocycles. The number of aromatic amines is 1. The number of rotatable bonds is 3. The lowest BCUT2D eigenvalue weighted by Gasteiger charge is -2.44. The van der Waals surface area contributed by atoms with E-state index in [0.29, 0.717) is 31.7 Å². The Kier molecular flexibility index (Phi) is 4.11. The number of nitrogens with zero attached hydrogens (tertiary/aromatic N) is 3. The summed E-state index contributed by atoms with van der Waals surface area (Å²) in [6, 6.07) is 3.65. The zero-order chi connectivity index (χ0) is 17.4. The summed E-state index contributed by atoms with van der Waals surface area (Å²) in [7, 11) is 0. The van der Waals surface area contributed by atoms with E-state index in [9.17, 15) is 9.59 Å². The molecule has 7 heteroatoms. The minimum atomic E-state index is -0.110. The Bertz CT molecular complexity index is 775. The maximum Gasteiger partial charge on any atom is 0.270 e. The summed E-state index contributed by atoms with van der Waals surface area (Å²) in [6.45, 7) is 3.96. The second kappa shape index (κ2) is 6.29. The summed E-state index contributed by atoms with van der Waals surface area (Å²) >= 11 is 1.62. The summed E-state index contributed by atoms with van der Waals surface area (Å²) in [6.07, 6.45) is 4.95. The highest BCUT2D eigenvalue weighted by Crippen LogP contribution is 2.40. The van der Waals surface area contributed by atoms with Crippen molar-refractivity contribution < 1.29 is 9.59 Å². The molecule has 0 atom stereocenters. The normalized spacial score (nSPS) is 19.8. The number of amides is 2. The number of likely N-dealkylation sites (tertiary alicyclic amines) is 2. The lowest BCUT2D eigenvalue weighted by Crippen LogP contribution is -2.53. The summed E-state index contributed by atoms with van der Waals surface area (Å²) in [4.78, 5) is 36.4. The van der Waals surface area contributed by atoms with Crippen LogP contribution in [0.2, 0.25) is 0 Å². The van der Waals surface area contributed by atoms with Crippen molar-refractivity contribution in [1.29, 1.82) is 0 Å². The van der Waals surface area contributed by atoms with Crippen molar-refractivity contribution in [3.05, 3.63) is 40.1 Å². The average molecular weight is 358 g/mol. The molecule has 2 aromatic heterocycles. The molecule has 2 fully saturated rings. The monoisotopic (exact) mass is 358 g/mol. The van der Waals surface area contributed by atoms with Gasteiger partial charge in [-0.25, -0.2) is 4.98 Å². The number of thiazole rings is 1. The fourth-order valence-electron chi connectivity index (χ4n) is 4.05. The molecule has 0 aliphatic carbocycles. The minimum absolute atomic E-state index is 0.0471. The first kappa shape index (κ1) is 16.3. The molecule has 0 saturated carbocycles. The molecule has 0 radical (unpaired) electrons. The van der Waals surface area contributed by atoms with E-state index < -0.39 is 0 Å². The molecule has 2 amide bonds. The molecule has 2 aromatic rings. The highest BCUT2D eigenvalue weighted by Gasteiger charge is 2.47. The van der Waals surface area contributed by atoms with Crippen LogP contribution in [0.1, 0.15) is 46.9 Å². The van der Waals surface area contributed by atoms with Crippen molar-refractivity contribution in [3.63, 3.8) is 0 Å². The van der Waals surface area contributed by atoms with Crippen LogP contribution >= 0.6 is 11.3 Å². The minimum Gasteiger partial charge on any atom is -0.357 e. The number of aryl methyl sites for hydroxylation is 1. The molecular weight excluding hydrogens is 336 g/mol. The van der Waals surface area contributed by atoms with Crippen LogP contribution in [0.4, 0.5) is 0 Å². The zero-order valence-electron chi connectivity index (χ0n) is 14.3. The van der Waals surface area contributed by atoms with Crippen molar-refractivity contribution in [3.8, 4) is 0 Å². The largest absolute Gasteiger partial charge is 0.357 e. The smallest absolute Gasteiger partial charge is 0.270 e. The van der Waals surface area contributed by atoms with Gasteiger partial charge in [0.15, 0.2) is 0 Å². The first-order chi connectivity index (χ1) is 12.1. The Hall–Kier alpha value is -2.15.